The Hall–Kier alpha value is -1.83. The summed E-state index contributed by atoms with van der Waals surface area (Å²) in [5, 5.41) is 0. The lowest BCUT2D eigenvalue weighted by atomic mass is 10.1. The molecule has 2 nitrogen and oxygen atoms in total. The highest BCUT2D eigenvalue weighted by molar-refractivity contribution is 5.66. The number of aromatic nitrogens is 1. The van der Waals surface area contributed by atoms with Crippen LogP contribution < -0.4 is 4.90 Å². The van der Waals surface area contributed by atoms with Crippen LogP contribution in [0.1, 0.15) is 5.56 Å². The van der Waals surface area contributed by atoms with Gasteiger partial charge in [0.1, 0.15) is 0 Å². The van der Waals surface area contributed by atoms with E-state index in [2.05, 4.69) is 47.3 Å². The normalized spacial score (nSPS) is 13.9. The van der Waals surface area contributed by atoms with E-state index in [1.54, 1.807) is 0 Å². The third-order valence-corrected chi connectivity index (χ3v) is 3.16. The van der Waals surface area contributed by atoms with Gasteiger partial charge in [-0.25, -0.2) is 0 Å². The number of benzene rings is 1. The molecule has 2 aromatic rings. The summed E-state index contributed by atoms with van der Waals surface area (Å²) in [6, 6.07) is 12.6. The smallest absolute Gasteiger partial charge is 0.0706 e. The van der Waals surface area contributed by atoms with Crippen LogP contribution in [0.3, 0.4) is 0 Å². The number of anilines is 1. The quantitative estimate of drug-likeness (QED) is 0.719. The monoisotopic (exact) mass is 210 g/mol. The van der Waals surface area contributed by atoms with Crippen molar-refractivity contribution in [3.05, 3.63) is 48.2 Å². The molecular weight excluding hydrogens is 196 g/mol. The second-order valence-corrected chi connectivity index (χ2v) is 4.24. The third kappa shape index (κ3) is 1.47. The summed E-state index contributed by atoms with van der Waals surface area (Å²) in [5.74, 6) is 0. The van der Waals surface area contributed by atoms with Crippen LogP contribution in [0.4, 0.5) is 5.69 Å². The minimum absolute atomic E-state index is 1.08. The minimum atomic E-state index is 1.08. The van der Waals surface area contributed by atoms with Crippen molar-refractivity contribution >= 4 is 5.69 Å². The van der Waals surface area contributed by atoms with Crippen molar-refractivity contribution in [1.29, 1.82) is 0 Å². The fraction of sp³-hybridized carbons (Fsp3) is 0.214. The molecule has 1 aromatic carbocycles. The van der Waals surface area contributed by atoms with Crippen molar-refractivity contribution in [2.45, 2.75) is 6.42 Å². The first kappa shape index (κ1) is 9.40. The first-order valence-corrected chi connectivity index (χ1v) is 5.60. The third-order valence-electron chi connectivity index (χ3n) is 3.16. The van der Waals surface area contributed by atoms with Crippen molar-refractivity contribution < 1.29 is 0 Å². The predicted molar refractivity (Wildman–Crippen MR) is 66.6 cm³/mol. The molecule has 0 spiro atoms. The Kier molecular flexibility index (Phi) is 2.13. The molecule has 1 aliphatic rings. The summed E-state index contributed by atoms with van der Waals surface area (Å²) in [6.07, 6.45) is 3.12. The number of fused-ring (bicyclic) bond motifs is 1. The van der Waals surface area contributed by atoms with Gasteiger partial charge in [0, 0.05) is 19.2 Å². The fourth-order valence-electron chi connectivity index (χ4n) is 2.21. The van der Waals surface area contributed by atoms with Gasteiger partial charge in [-0.2, -0.15) is 0 Å². The number of hydrogen-bond acceptors (Lipinski definition) is 2. The molecule has 1 aromatic heterocycles. The molecule has 16 heavy (non-hydrogen) atoms. The van der Waals surface area contributed by atoms with Gasteiger partial charge in [0.05, 0.1) is 17.6 Å². The summed E-state index contributed by atoms with van der Waals surface area (Å²) >= 11 is 0. The zero-order chi connectivity index (χ0) is 11.0. The largest absolute Gasteiger partial charge is 0.373 e. The Morgan fingerprint density at radius 2 is 2.00 bits per heavy atom. The van der Waals surface area contributed by atoms with E-state index in [0.717, 1.165) is 18.7 Å². The van der Waals surface area contributed by atoms with E-state index in [1.165, 1.54) is 16.8 Å². The number of rotatable bonds is 1. The van der Waals surface area contributed by atoms with Crippen molar-refractivity contribution in [2.24, 2.45) is 0 Å². The van der Waals surface area contributed by atoms with Gasteiger partial charge in [-0.3, -0.25) is 4.98 Å². The van der Waals surface area contributed by atoms with Gasteiger partial charge >= 0.3 is 0 Å². The van der Waals surface area contributed by atoms with E-state index in [4.69, 9.17) is 0 Å². The Bertz CT molecular complexity index is 505. The highest BCUT2D eigenvalue weighted by Gasteiger charge is 2.16. The van der Waals surface area contributed by atoms with E-state index in [9.17, 15) is 0 Å². The van der Waals surface area contributed by atoms with Crippen LogP contribution in [0.25, 0.3) is 11.3 Å². The first-order valence-electron chi connectivity index (χ1n) is 5.60. The van der Waals surface area contributed by atoms with Crippen LogP contribution in [0.5, 0.6) is 0 Å². The molecular formula is C14H14N2. The van der Waals surface area contributed by atoms with Crippen LogP contribution in [0.15, 0.2) is 42.6 Å². The van der Waals surface area contributed by atoms with E-state index in [1.807, 2.05) is 12.3 Å². The van der Waals surface area contributed by atoms with Gasteiger partial charge in [-0.05, 0) is 18.1 Å². The first-order chi connectivity index (χ1) is 7.84. The molecule has 2 heteroatoms. The Morgan fingerprint density at radius 1 is 1.19 bits per heavy atom. The predicted octanol–water partition coefficient (Wildman–Crippen LogP) is 2.74. The van der Waals surface area contributed by atoms with Gasteiger partial charge < -0.3 is 4.90 Å². The van der Waals surface area contributed by atoms with Gasteiger partial charge in [-0.1, -0.05) is 30.3 Å². The molecule has 0 saturated carbocycles. The minimum Gasteiger partial charge on any atom is -0.373 e. The molecule has 0 saturated heterocycles. The molecule has 0 atom stereocenters. The van der Waals surface area contributed by atoms with Crippen LogP contribution in [0.2, 0.25) is 0 Å². The number of pyridine rings is 1. The molecule has 80 valence electrons. The van der Waals surface area contributed by atoms with Gasteiger partial charge in [0.15, 0.2) is 0 Å². The standard InChI is InChI=1S/C14H14N2/c1-16-8-7-12-9-13(15-10-14(12)16)11-5-3-2-4-6-11/h2-6,9-10H,7-8H2,1H3. The van der Waals surface area contributed by atoms with Crippen LogP contribution in [-0.4, -0.2) is 18.6 Å². The van der Waals surface area contributed by atoms with E-state index < -0.39 is 0 Å². The summed E-state index contributed by atoms with van der Waals surface area (Å²) in [6.45, 7) is 1.11. The van der Waals surface area contributed by atoms with E-state index in [0.29, 0.717) is 0 Å². The lowest BCUT2D eigenvalue weighted by molar-refractivity contribution is 0.955. The van der Waals surface area contributed by atoms with Crippen LogP contribution >= 0.6 is 0 Å². The van der Waals surface area contributed by atoms with Crippen LogP contribution in [-0.2, 0) is 6.42 Å². The average Bonchev–Trinajstić information content (AvgIpc) is 2.72. The lowest BCUT2D eigenvalue weighted by Crippen LogP contribution is -2.12. The lowest BCUT2D eigenvalue weighted by Gasteiger charge is -2.11. The summed E-state index contributed by atoms with van der Waals surface area (Å²) in [4.78, 5) is 6.79. The number of nitrogens with zero attached hydrogens (tertiary/aromatic N) is 2. The molecule has 0 radical (unpaired) electrons. The maximum atomic E-state index is 4.53. The summed E-state index contributed by atoms with van der Waals surface area (Å²) in [5.41, 5.74) is 4.96. The highest BCUT2D eigenvalue weighted by atomic mass is 15.1. The second kappa shape index (κ2) is 3.63. The fourth-order valence-corrected chi connectivity index (χ4v) is 2.21. The van der Waals surface area contributed by atoms with Gasteiger partial charge in [0.2, 0.25) is 0 Å². The molecule has 0 amide bonds. The van der Waals surface area contributed by atoms with Crippen molar-refractivity contribution in [1.82, 2.24) is 4.98 Å². The zero-order valence-electron chi connectivity index (χ0n) is 9.35. The molecule has 0 N–H and O–H groups in total. The van der Waals surface area contributed by atoms with E-state index in [-0.39, 0.29) is 0 Å². The Balaban J connectivity index is 2.06. The number of hydrogen-bond donors (Lipinski definition) is 0. The van der Waals surface area contributed by atoms with Crippen molar-refractivity contribution in [3.63, 3.8) is 0 Å². The SMILES string of the molecule is CN1CCc2cc(-c3ccccc3)ncc21. The molecule has 0 fully saturated rings. The Morgan fingerprint density at radius 3 is 2.81 bits per heavy atom. The van der Waals surface area contributed by atoms with Crippen molar-refractivity contribution in [2.75, 3.05) is 18.5 Å². The number of likely N-dealkylation sites (N-methyl/N-ethyl adjacent to an activating group) is 1. The molecule has 0 unspecified atom stereocenters. The summed E-state index contributed by atoms with van der Waals surface area (Å²) < 4.78 is 0. The molecule has 1 aliphatic heterocycles. The maximum absolute atomic E-state index is 4.53. The maximum Gasteiger partial charge on any atom is 0.0706 e. The van der Waals surface area contributed by atoms with Gasteiger partial charge in [0.25, 0.3) is 0 Å². The summed E-state index contributed by atoms with van der Waals surface area (Å²) in [7, 11) is 2.12. The zero-order valence-corrected chi connectivity index (χ0v) is 9.35. The second-order valence-electron chi connectivity index (χ2n) is 4.24. The van der Waals surface area contributed by atoms with Gasteiger partial charge in [-0.15, -0.1) is 0 Å². The molecule has 3 rings (SSSR count). The topological polar surface area (TPSA) is 16.1 Å². The molecule has 0 aliphatic carbocycles. The van der Waals surface area contributed by atoms with E-state index >= 15 is 0 Å². The average molecular weight is 210 g/mol. The van der Waals surface area contributed by atoms with Crippen LogP contribution in [0, 0.1) is 0 Å². The highest BCUT2D eigenvalue weighted by Crippen LogP contribution is 2.29. The molecule has 2 heterocycles. The molecule has 0 bridgehead atoms. The van der Waals surface area contributed by atoms with Crippen molar-refractivity contribution in [3.8, 4) is 11.3 Å². The Labute approximate surface area is 95.6 Å².